The molecule has 0 atom stereocenters. The van der Waals surface area contributed by atoms with Crippen molar-refractivity contribution in [3.05, 3.63) is 35.2 Å². The second kappa shape index (κ2) is 14.7. The van der Waals surface area contributed by atoms with Crippen LogP contribution in [0, 0.1) is 0 Å². The number of halogens is 2. The molecule has 2 heterocycles. The van der Waals surface area contributed by atoms with Crippen LogP contribution in [0.15, 0.2) is 33.8 Å². The van der Waals surface area contributed by atoms with Gasteiger partial charge in [-0.15, -0.1) is 24.0 Å². The van der Waals surface area contributed by atoms with Crippen LogP contribution in [0.3, 0.4) is 0 Å². The topological polar surface area (TPSA) is 87.8 Å². The Bertz CT molecular complexity index is 809. The summed E-state index contributed by atoms with van der Waals surface area (Å²) in [5.41, 5.74) is 0.881. The third kappa shape index (κ3) is 8.84. The number of hydrogen-bond acceptors (Lipinski definition) is 6. The summed E-state index contributed by atoms with van der Waals surface area (Å²) in [6.45, 7) is 7.63. The highest BCUT2D eigenvalue weighted by Crippen LogP contribution is 2.18. The van der Waals surface area contributed by atoms with Gasteiger partial charge in [0.25, 0.3) is 0 Å². The van der Waals surface area contributed by atoms with Crippen molar-refractivity contribution in [2.24, 2.45) is 4.99 Å². The fourth-order valence-corrected chi connectivity index (χ4v) is 3.71. The Kier molecular flexibility index (Phi) is 12.3. The highest BCUT2D eigenvalue weighted by Gasteiger charge is 2.19. The van der Waals surface area contributed by atoms with Gasteiger partial charge in [0, 0.05) is 62.9 Å². The van der Waals surface area contributed by atoms with Gasteiger partial charge >= 0.3 is 0 Å². The van der Waals surface area contributed by atoms with Gasteiger partial charge in [-0.25, -0.2) is 0 Å². The second-order valence-corrected chi connectivity index (χ2v) is 8.07. The summed E-state index contributed by atoms with van der Waals surface area (Å²) in [6, 6.07) is 7.83. The van der Waals surface area contributed by atoms with E-state index in [2.05, 4.69) is 32.6 Å². The van der Waals surface area contributed by atoms with Crippen molar-refractivity contribution in [2.75, 3.05) is 46.4 Å². The number of aromatic nitrogens is 2. The van der Waals surface area contributed by atoms with Crippen LogP contribution in [0.5, 0.6) is 0 Å². The lowest BCUT2D eigenvalue weighted by atomic mass is 10.1. The average molecular weight is 577 g/mol. The quantitative estimate of drug-likeness (QED) is 0.193. The first-order valence-corrected chi connectivity index (χ1v) is 11.4. The third-order valence-electron chi connectivity index (χ3n) is 5.26. The van der Waals surface area contributed by atoms with Crippen LogP contribution in [-0.2, 0) is 11.2 Å². The molecule has 0 spiro atoms. The predicted molar refractivity (Wildman–Crippen MR) is 139 cm³/mol. The molecule has 1 aromatic carbocycles. The van der Waals surface area contributed by atoms with Crippen molar-refractivity contribution in [1.82, 2.24) is 25.7 Å². The average Bonchev–Trinajstić information content (AvgIpc) is 3.25. The van der Waals surface area contributed by atoms with Crippen LogP contribution >= 0.6 is 35.6 Å². The van der Waals surface area contributed by atoms with Crippen LogP contribution in [-0.4, -0.2) is 73.5 Å². The molecule has 0 saturated carbocycles. The van der Waals surface area contributed by atoms with Crippen molar-refractivity contribution in [1.29, 1.82) is 0 Å². The minimum absolute atomic E-state index is 0. The minimum Gasteiger partial charge on any atom is -0.385 e. The van der Waals surface area contributed by atoms with Crippen LogP contribution in [0.1, 0.15) is 32.1 Å². The highest BCUT2D eigenvalue weighted by molar-refractivity contribution is 14.0. The second-order valence-electron chi connectivity index (χ2n) is 7.64. The molecular weight excluding hydrogens is 543 g/mol. The number of nitrogens with zero attached hydrogens (tertiary/aromatic N) is 4. The summed E-state index contributed by atoms with van der Waals surface area (Å²) < 4.78 is 10.5. The van der Waals surface area contributed by atoms with E-state index in [1.54, 1.807) is 7.11 Å². The fourth-order valence-electron chi connectivity index (χ4n) is 3.58. The number of likely N-dealkylation sites (tertiary alicyclic amines) is 1. The standard InChI is InChI=1S/C22H33ClN6O2.HI/c1-3-24-22(26-19-10-14-29(15-11-19)13-4-16-30-2)25-12-9-20-27-21(28-31-20)17-5-7-18(23)8-6-17;/h5-8,19H,3-4,9-16H2,1-2H3,(H2,24,25,26);1H. The number of piperidine rings is 1. The molecule has 1 fully saturated rings. The first-order chi connectivity index (χ1) is 15.2. The summed E-state index contributed by atoms with van der Waals surface area (Å²) in [6.07, 6.45) is 3.92. The lowest BCUT2D eigenvalue weighted by Crippen LogP contribution is -2.49. The molecule has 0 bridgehead atoms. The number of guanidine groups is 1. The Morgan fingerprint density at radius 3 is 2.72 bits per heavy atom. The Morgan fingerprint density at radius 2 is 2.03 bits per heavy atom. The monoisotopic (exact) mass is 576 g/mol. The normalized spacial score (nSPS) is 15.4. The van der Waals surface area contributed by atoms with E-state index in [0.717, 1.165) is 63.6 Å². The van der Waals surface area contributed by atoms with E-state index in [4.69, 9.17) is 25.9 Å². The van der Waals surface area contributed by atoms with E-state index in [1.165, 1.54) is 0 Å². The number of nitrogens with one attached hydrogen (secondary N) is 2. The van der Waals surface area contributed by atoms with Gasteiger partial charge in [0.15, 0.2) is 5.96 Å². The molecule has 2 aromatic rings. The lowest BCUT2D eigenvalue weighted by molar-refractivity contribution is 0.155. The van der Waals surface area contributed by atoms with Crippen molar-refractivity contribution < 1.29 is 9.26 Å². The molecule has 178 valence electrons. The number of hydrogen-bond donors (Lipinski definition) is 2. The third-order valence-corrected chi connectivity index (χ3v) is 5.51. The summed E-state index contributed by atoms with van der Waals surface area (Å²) in [4.78, 5) is 11.7. The molecule has 0 amide bonds. The molecule has 3 rings (SSSR count). The maximum Gasteiger partial charge on any atom is 0.228 e. The Morgan fingerprint density at radius 1 is 1.28 bits per heavy atom. The summed E-state index contributed by atoms with van der Waals surface area (Å²) >= 11 is 5.93. The molecule has 32 heavy (non-hydrogen) atoms. The van der Waals surface area contributed by atoms with Crippen LogP contribution in [0.25, 0.3) is 11.4 Å². The largest absolute Gasteiger partial charge is 0.385 e. The van der Waals surface area contributed by atoms with Crippen molar-refractivity contribution in [2.45, 2.75) is 38.6 Å². The molecule has 1 aromatic heterocycles. The van der Waals surface area contributed by atoms with E-state index in [0.29, 0.717) is 35.7 Å². The van der Waals surface area contributed by atoms with Gasteiger partial charge in [-0.05, 0) is 50.5 Å². The van der Waals surface area contributed by atoms with Crippen LogP contribution in [0.2, 0.25) is 5.02 Å². The van der Waals surface area contributed by atoms with Gasteiger partial charge in [-0.1, -0.05) is 16.8 Å². The van der Waals surface area contributed by atoms with Gasteiger partial charge in [0.05, 0.1) is 6.54 Å². The molecule has 8 nitrogen and oxygen atoms in total. The van der Waals surface area contributed by atoms with E-state index >= 15 is 0 Å². The molecule has 0 radical (unpaired) electrons. The van der Waals surface area contributed by atoms with E-state index in [-0.39, 0.29) is 24.0 Å². The molecule has 1 saturated heterocycles. The van der Waals surface area contributed by atoms with Crippen molar-refractivity contribution in [3.63, 3.8) is 0 Å². The van der Waals surface area contributed by atoms with Gasteiger partial charge in [0.1, 0.15) is 0 Å². The number of aliphatic imine (C=N–C) groups is 1. The number of rotatable bonds is 10. The van der Waals surface area contributed by atoms with Gasteiger partial charge in [0.2, 0.25) is 11.7 Å². The van der Waals surface area contributed by atoms with Crippen molar-refractivity contribution >= 4 is 41.5 Å². The lowest BCUT2D eigenvalue weighted by Gasteiger charge is -2.33. The van der Waals surface area contributed by atoms with E-state index in [9.17, 15) is 0 Å². The minimum atomic E-state index is 0. The van der Waals surface area contributed by atoms with Gasteiger partial charge in [-0.2, -0.15) is 4.98 Å². The molecular formula is C22H34ClIN6O2. The summed E-state index contributed by atoms with van der Waals surface area (Å²) in [5, 5.41) is 11.6. The summed E-state index contributed by atoms with van der Waals surface area (Å²) in [7, 11) is 1.76. The number of ether oxygens (including phenoxy) is 1. The molecule has 0 aliphatic carbocycles. The SMILES string of the molecule is CCNC(=NCCc1nc(-c2ccc(Cl)cc2)no1)NC1CCN(CCCOC)CC1.I. The summed E-state index contributed by atoms with van der Waals surface area (Å²) in [5.74, 6) is 1.99. The zero-order chi connectivity index (χ0) is 21.9. The van der Waals surface area contributed by atoms with E-state index in [1.807, 2.05) is 24.3 Å². The highest BCUT2D eigenvalue weighted by atomic mass is 127. The first-order valence-electron chi connectivity index (χ1n) is 11.0. The first kappa shape index (κ1) is 26.8. The molecule has 1 aliphatic heterocycles. The number of methoxy groups -OCH3 is 1. The molecule has 1 aliphatic rings. The molecule has 2 N–H and O–H groups in total. The van der Waals surface area contributed by atoms with Gasteiger partial charge in [-0.3, -0.25) is 4.99 Å². The van der Waals surface area contributed by atoms with E-state index < -0.39 is 0 Å². The molecule has 0 unspecified atom stereocenters. The van der Waals surface area contributed by atoms with Gasteiger partial charge < -0.3 is 24.8 Å². The Hall–Kier alpha value is -1.43. The predicted octanol–water partition coefficient (Wildman–Crippen LogP) is 3.61. The zero-order valence-electron chi connectivity index (χ0n) is 18.8. The van der Waals surface area contributed by atoms with Crippen molar-refractivity contribution in [3.8, 4) is 11.4 Å². The molecule has 10 heteroatoms. The number of benzene rings is 1. The Labute approximate surface area is 212 Å². The van der Waals surface area contributed by atoms with Crippen LogP contribution < -0.4 is 10.6 Å². The maximum atomic E-state index is 5.93. The van der Waals surface area contributed by atoms with Crippen LogP contribution in [0.4, 0.5) is 0 Å². The smallest absolute Gasteiger partial charge is 0.228 e. The fraction of sp³-hybridized carbons (Fsp3) is 0.591. The maximum absolute atomic E-state index is 5.93. The zero-order valence-corrected chi connectivity index (χ0v) is 21.9. The Balaban J connectivity index is 0.00000363.